The molecule has 0 spiro atoms. The minimum atomic E-state index is 0.141. The molecule has 0 radical (unpaired) electrons. The van der Waals surface area contributed by atoms with Crippen molar-refractivity contribution in [2.75, 3.05) is 0 Å². The van der Waals surface area contributed by atoms with Gasteiger partial charge in [-0.2, -0.15) is 0 Å². The lowest BCUT2D eigenvalue weighted by molar-refractivity contribution is 0.259. The standard InChI is InChI=1S/C16H12Cl2N2O2/c17-12-6-7-13(18)14(9-12)21-10-16-20-19-15(22-16)8-11-4-2-1-3-5-11/h1-7,9H,8,10H2. The van der Waals surface area contributed by atoms with Gasteiger partial charge in [0.15, 0.2) is 6.61 Å². The Morgan fingerprint density at radius 3 is 2.55 bits per heavy atom. The number of benzene rings is 2. The minimum absolute atomic E-state index is 0.141. The summed E-state index contributed by atoms with van der Waals surface area (Å²) in [5, 5.41) is 9.00. The van der Waals surface area contributed by atoms with Crippen molar-refractivity contribution >= 4 is 23.2 Å². The molecular formula is C16H12Cl2N2O2. The van der Waals surface area contributed by atoms with E-state index < -0.39 is 0 Å². The first kappa shape index (κ1) is 14.9. The van der Waals surface area contributed by atoms with E-state index in [2.05, 4.69) is 10.2 Å². The third kappa shape index (κ3) is 3.78. The summed E-state index contributed by atoms with van der Waals surface area (Å²) in [6.45, 7) is 0.141. The van der Waals surface area contributed by atoms with Gasteiger partial charge in [-0.05, 0) is 17.7 Å². The highest BCUT2D eigenvalue weighted by Gasteiger charge is 2.09. The zero-order valence-corrected chi connectivity index (χ0v) is 13.0. The molecule has 4 nitrogen and oxygen atoms in total. The second-order valence-corrected chi connectivity index (χ2v) is 5.46. The number of halogens is 2. The number of hydrogen-bond donors (Lipinski definition) is 0. The van der Waals surface area contributed by atoms with Gasteiger partial charge in [0.2, 0.25) is 5.89 Å². The molecule has 0 saturated heterocycles. The second kappa shape index (κ2) is 6.81. The third-order valence-electron chi connectivity index (χ3n) is 2.95. The van der Waals surface area contributed by atoms with Crippen LogP contribution >= 0.6 is 23.2 Å². The highest BCUT2D eigenvalue weighted by molar-refractivity contribution is 6.34. The summed E-state index contributed by atoms with van der Waals surface area (Å²) < 4.78 is 11.1. The van der Waals surface area contributed by atoms with Gasteiger partial charge in [0.25, 0.3) is 5.89 Å². The van der Waals surface area contributed by atoms with E-state index in [0.29, 0.717) is 34.0 Å². The van der Waals surface area contributed by atoms with Gasteiger partial charge in [-0.3, -0.25) is 0 Å². The first-order valence-corrected chi connectivity index (χ1v) is 7.39. The predicted molar refractivity (Wildman–Crippen MR) is 84.3 cm³/mol. The molecule has 112 valence electrons. The van der Waals surface area contributed by atoms with Crippen LogP contribution in [0.5, 0.6) is 5.75 Å². The lowest BCUT2D eigenvalue weighted by Crippen LogP contribution is -1.96. The molecule has 1 heterocycles. The average molecular weight is 335 g/mol. The molecule has 3 aromatic rings. The molecule has 0 amide bonds. The fourth-order valence-electron chi connectivity index (χ4n) is 1.92. The molecular weight excluding hydrogens is 323 g/mol. The van der Waals surface area contributed by atoms with Crippen LogP contribution in [-0.2, 0) is 13.0 Å². The summed E-state index contributed by atoms with van der Waals surface area (Å²) in [7, 11) is 0. The summed E-state index contributed by atoms with van der Waals surface area (Å²) in [6, 6.07) is 14.9. The van der Waals surface area contributed by atoms with Crippen LogP contribution in [0, 0.1) is 0 Å². The molecule has 0 bridgehead atoms. The fraction of sp³-hybridized carbons (Fsp3) is 0.125. The van der Waals surface area contributed by atoms with Gasteiger partial charge in [0, 0.05) is 11.1 Å². The van der Waals surface area contributed by atoms with Crippen molar-refractivity contribution in [1.29, 1.82) is 0 Å². The third-order valence-corrected chi connectivity index (χ3v) is 3.50. The summed E-state index contributed by atoms with van der Waals surface area (Å²) in [6.07, 6.45) is 0.589. The van der Waals surface area contributed by atoms with Gasteiger partial charge in [-0.25, -0.2) is 0 Å². The Bertz CT molecular complexity index is 760. The van der Waals surface area contributed by atoms with Crippen LogP contribution in [0.2, 0.25) is 10.0 Å². The Balaban J connectivity index is 1.63. The van der Waals surface area contributed by atoms with Crippen molar-refractivity contribution in [2.45, 2.75) is 13.0 Å². The number of rotatable bonds is 5. The van der Waals surface area contributed by atoms with E-state index in [4.69, 9.17) is 32.4 Å². The number of nitrogens with zero attached hydrogens (tertiary/aromatic N) is 2. The van der Waals surface area contributed by atoms with Crippen molar-refractivity contribution < 1.29 is 9.15 Å². The van der Waals surface area contributed by atoms with Crippen molar-refractivity contribution in [3.8, 4) is 5.75 Å². The first-order valence-electron chi connectivity index (χ1n) is 6.64. The van der Waals surface area contributed by atoms with Crippen LogP contribution in [0.4, 0.5) is 0 Å². The molecule has 0 atom stereocenters. The molecule has 0 saturated carbocycles. The van der Waals surface area contributed by atoms with E-state index in [1.165, 1.54) is 0 Å². The van der Waals surface area contributed by atoms with Crippen LogP contribution < -0.4 is 4.74 Å². The maximum absolute atomic E-state index is 6.02. The second-order valence-electron chi connectivity index (χ2n) is 4.62. The summed E-state index contributed by atoms with van der Waals surface area (Å²) in [5.41, 5.74) is 1.11. The smallest absolute Gasteiger partial charge is 0.253 e. The Labute approximate surface area is 137 Å². The minimum Gasteiger partial charge on any atom is -0.482 e. The van der Waals surface area contributed by atoms with Crippen molar-refractivity contribution in [3.63, 3.8) is 0 Å². The van der Waals surface area contributed by atoms with E-state index in [9.17, 15) is 0 Å². The Kier molecular flexibility index (Phi) is 4.61. The number of hydrogen-bond acceptors (Lipinski definition) is 4. The largest absolute Gasteiger partial charge is 0.482 e. The molecule has 0 N–H and O–H groups in total. The van der Waals surface area contributed by atoms with Crippen LogP contribution in [0.25, 0.3) is 0 Å². The molecule has 0 fully saturated rings. The van der Waals surface area contributed by atoms with E-state index in [-0.39, 0.29) is 6.61 Å². The topological polar surface area (TPSA) is 48.2 Å². The van der Waals surface area contributed by atoms with E-state index >= 15 is 0 Å². The molecule has 3 rings (SSSR count). The SMILES string of the molecule is Clc1ccc(Cl)c(OCc2nnc(Cc3ccccc3)o2)c1. The molecule has 2 aromatic carbocycles. The van der Waals surface area contributed by atoms with Gasteiger partial charge in [0.1, 0.15) is 5.75 Å². The molecule has 0 aliphatic rings. The zero-order chi connectivity index (χ0) is 15.4. The molecule has 0 unspecified atom stereocenters. The fourth-order valence-corrected chi connectivity index (χ4v) is 2.25. The Morgan fingerprint density at radius 2 is 1.73 bits per heavy atom. The van der Waals surface area contributed by atoms with Crippen molar-refractivity contribution in [1.82, 2.24) is 10.2 Å². The highest BCUT2D eigenvalue weighted by Crippen LogP contribution is 2.28. The molecule has 0 aliphatic carbocycles. The summed E-state index contributed by atoms with van der Waals surface area (Å²) >= 11 is 11.9. The molecule has 22 heavy (non-hydrogen) atoms. The number of ether oxygens (including phenoxy) is 1. The van der Waals surface area contributed by atoms with Crippen LogP contribution in [0.15, 0.2) is 52.9 Å². The first-order chi connectivity index (χ1) is 10.7. The summed E-state index contributed by atoms with van der Waals surface area (Å²) in [4.78, 5) is 0. The van der Waals surface area contributed by atoms with E-state index in [1.54, 1.807) is 18.2 Å². The quantitative estimate of drug-likeness (QED) is 0.686. The van der Waals surface area contributed by atoms with Gasteiger partial charge >= 0.3 is 0 Å². The lowest BCUT2D eigenvalue weighted by Gasteiger charge is -2.05. The lowest BCUT2D eigenvalue weighted by atomic mass is 10.2. The maximum Gasteiger partial charge on any atom is 0.253 e. The normalized spacial score (nSPS) is 10.6. The molecule has 6 heteroatoms. The highest BCUT2D eigenvalue weighted by atomic mass is 35.5. The maximum atomic E-state index is 6.02. The molecule has 0 aliphatic heterocycles. The monoisotopic (exact) mass is 334 g/mol. The Morgan fingerprint density at radius 1 is 0.955 bits per heavy atom. The van der Waals surface area contributed by atoms with Crippen LogP contribution in [0.1, 0.15) is 17.3 Å². The average Bonchev–Trinajstić information content (AvgIpc) is 2.97. The zero-order valence-electron chi connectivity index (χ0n) is 11.5. The van der Waals surface area contributed by atoms with Crippen molar-refractivity contribution in [3.05, 3.63) is 75.9 Å². The van der Waals surface area contributed by atoms with Crippen molar-refractivity contribution in [2.24, 2.45) is 0 Å². The van der Waals surface area contributed by atoms with Gasteiger partial charge < -0.3 is 9.15 Å². The number of aromatic nitrogens is 2. The predicted octanol–water partition coefficient (Wildman–Crippen LogP) is 4.55. The van der Waals surface area contributed by atoms with Crippen LogP contribution in [-0.4, -0.2) is 10.2 Å². The van der Waals surface area contributed by atoms with E-state index in [0.717, 1.165) is 5.56 Å². The van der Waals surface area contributed by atoms with Gasteiger partial charge in [0.05, 0.1) is 11.4 Å². The van der Waals surface area contributed by atoms with Crippen LogP contribution in [0.3, 0.4) is 0 Å². The summed E-state index contributed by atoms with van der Waals surface area (Å²) in [5.74, 6) is 1.42. The van der Waals surface area contributed by atoms with E-state index in [1.807, 2.05) is 30.3 Å². The van der Waals surface area contributed by atoms with Gasteiger partial charge in [-0.15, -0.1) is 10.2 Å². The molecule has 1 aromatic heterocycles. The van der Waals surface area contributed by atoms with Gasteiger partial charge in [-0.1, -0.05) is 53.5 Å². The Hall–Kier alpha value is -2.04.